The van der Waals surface area contributed by atoms with E-state index in [0.29, 0.717) is 24.1 Å². The number of carbonyl (C=O) groups excluding carboxylic acids is 2. The number of piperidine rings is 1. The predicted octanol–water partition coefficient (Wildman–Crippen LogP) is 4.08. The smallest absolute Gasteiger partial charge is 0.317 e. The number of Topliss-reactive ketones (excluding diaryl/α,β-unsaturated/α-hetero) is 1. The highest BCUT2D eigenvalue weighted by Gasteiger charge is 2.45. The fourth-order valence-corrected chi connectivity index (χ4v) is 3.97. The van der Waals surface area contributed by atoms with E-state index in [2.05, 4.69) is 5.32 Å². The zero-order valence-electron chi connectivity index (χ0n) is 16.5. The second-order valence-electron chi connectivity index (χ2n) is 8.34. The molecule has 7 heteroatoms. The van der Waals surface area contributed by atoms with E-state index in [-0.39, 0.29) is 12.8 Å². The van der Waals surface area contributed by atoms with Crippen LogP contribution in [0.5, 0.6) is 0 Å². The molecule has 1 atom stereocenters. The van der Waals surface area contributed by atoms with Gasteiger partial charge in [0.1, 0.15) is 0 Å². The van der Waals surface area contributed by atoms with Crippen LogP contribution in [0.2, 0.25) is 0 Å². The number of amides is 2. The summed E-state index contributed by atoms with van der Waals surface area (Å²) >= 11 is 0. The summed E-state index contributed by atoms with van der Waals surface area (Å²) in [5.74, 6) is -3.68. The first-order chi connectivity index (χ1) is 13.8. The maximum atomic E-state index is 14.7. The number of ketones is 1. The summed E-state index contributed by atoms with van der Waals surface area (Å²) in [5.41, 5.74) is 0.861. The Bertz CT molecular complexity index is 762. The van der Waals surface area contributed by atoms with Crippen LogP contribution >= 0.6 is 0 Å². The molecule has 2 amide bonds. The number of rotatable bonds is 8. The van der Waals surface area contributed by atoms with Crippen LogP contribution in [-0.4, -0.2) is 41.8 Å². The van der Waals surface area contributed by atoms with Crippen molar-refractivity contribution >= 4 is 11.8 Å². The number of nitrogens with zero attached hydrogens (tertiary/aromatic N) is 2. The molecule has 1 aromatic carbocycles. The van der Waals surface area contributed by atoms with Crippen molar-refractivity contribution in [1.29, 1.82) is 5.26 Å². The van der Waals surface area contributed by atoms with E-state index in [9.17, 15) is 18.4 Å². The first-order valence-corrected chi connectivity index (χ1v) is 10.2. The second kappa shape index (κ2) is 8.89. The quantitative estimate of drug-likeness (QED) is 0.711. The molecule has 0 radical (unpaired) electrons. The van der Waals surface area contributed by atoms with Crippen molar-refractivity contribution in [3.8, 4) is 6.07 Å². The molecule has 29 heavy (non-hydrogen) atoms. The molecule has 1 saturated heterocycles. The molecule has 3 rings (SSSR count). The molecule has 2 fully saturated rings. The predicted molar refractivity (Wildman–Crippen MR) is 104 cm³/mol. The average molecular weight is 403 g/mol. The van der Waals surface area contributed by atoms with Gasteiger partial charge in [-0.3, -0.25) is 4.79 Å². The molecule has 0 unspecified atom stereocenters. The van der Waals surface area contributed by atoms with Crippen LogP contribution < -0.4 is 5.32 Å². The highest BCUT2D eigenvalue weighted by Crippen LogP contribution is 2.53. The number of nitrogens with one attached hydrogen (secondary N) is 1. The van der Waals surface area contributed by atoms with Gasteiger partial charge in [0.25, 0.3) is 5.92 Å². The Hall–Kier alpha value is -2.49. The van der Waals surface area contributed by atoms with Gasteiger partial charge < -0.3 is 10.2 Å². The summed E-state index contributed by atoms with van der Waals surface area (Å²) in [4.78, 5) is 26.7. The molecule has 0 aromatic heterocycles. The van der Waals surface area contributed by atoms with Crippen molar-refractivity contribution in [2.24, 2.45) is 5.41 Å². The lowest BCUT2D eigenvalue weighted by atomic mass is 9.94. The van der Waals surface area contributed by atoms with Crippen LogP contribution in [0, 0.1) is 16.7 Å². The number of urea groups is 1. The van der Waals surface area contributed by atoms with Crippen LogP contribution in [0.25, 0.3) is 0 Å². The van der Waals surface area contributed by atoms with Gasteiger partial charge in [0.15, 0.2) is 5.78 Å². The number of hydrogen-bond acceptors (Lipinski definition) is 3. The topological polar surface area (TPSA) is 73.2 Å². The van der Waals surface area contributed by atoms with Gasteiger partial charge in [0.2, 0.25) is 0 Å². The normalized spacial score (nSPS) is 18.7. The molecule has 5 nitrogen and oxygen atoms in total. The molecule has 1 aromatic rings. The fourth-order valence-electron chi connectivity index (χ4n) is 3.97. The van der Waals surface area contributed by atoms with E-state index in [4.69, 9.17) is 5.26 Å². The average Bonchev–Trinajstić information content (AvgIpc) is 3.45. The molecule has 1 N–H and O–H groups in total. The molecule has 0 bridgehead atoms. The zero-order valence-corrected chi connectivity index (χ0v) is 16.5. The Morgan fingerprint density at radius 2 is 1.83 bits per heavy atom. The van der Waals surface area contributed by atoms with E-state index in [1.165, 1.54) is 12.8 Å². The fraction of sp³-hybridized carbons (Fsp3) is 0.591. The highest BCUT2D eigenvalue weighted by molar-refractivity contribution is 5.88. The van der Waals surface area contributed by atoms with Gasteiger partial charge in [-0.1, -0.05) is 30.3 Å². The van der Waals surface area contributed by atoms with Crippen molar-refractivity contribution in [3.05, 3.63) is 35.9 Å². The van der Waals surface area contributed by atoms with E-state index >= 15 is 0 Å². The van der Waals surface area contributed by atoms with Gasteiger partial charge in [0.05, 0.1) is 12.1 Å². The Balaban J connectivity index is 1.62. The molecule has 1 saturated carbocycles. The lowest BCUT2D eigenvalue weighted by molar-refractivity contribution is -0.123. The third-order valence-electron chi connectivity index (χ3n) is 6.05. The number of nitriles is 1. The van der Waals surface area contributed by atoms with Crippen molar-refractivity contribution in [2.45, 2.75) is 63.3 Å². The Labute approximate surface area is 170 Å². The lowest BCUT2D eigenvalue weighted by Crippen LogP contribution is -2.52. The summed E-state index contributed by atoms with van der Waals surface area (Å²) in [7, 11) is 0. The third-order valence-corrected chi connectivity index (χ3v) is 6.05. The monoisotopic (exact) mass is 403 g/mol. The Morgan fingerprint density at radius 3 is 2.41 bits per heavy atom. The molecular weight excluding hydrogens is 376 g/mol. The molecular formula is C22H27F2N3O2. The zero-order chi connectivity index (χ0) is 20.9. The van der Waals surface area contributed by atoms with Gasteiger partial charge in [-0.05, 0) is 36.7 Å². The summed E-state index contributed by atoms with van der Waals surface area (Å²) in [6.45, 7) is 1.18. The van der Waals surface area contributed by atoms with Crippen molar-refractivity contribution in [2.75, 3.05) is 13.1 Å². The van der Waals surface area contributed by atoms with E-state index in [0.717, 1.165) is 12.8 Å². The van der Waals surface area contributed by atoms with Crippen molar-refractivity contribution in [1.82, 2.24) is 10.2 Å². The van der Waals surface area contributed by atoms with Gasteiger partial charge >= 0.3 is 6.03 Å². The number of benzene rings is 1. The van der Waals surface area contributed by atoms with Crippen LogP contribution in [-0.2, 0) is 11.2 Å². The number of alkyl halides is 2. The van der Waals surface area contributed by atoms with Crippen LogP contribution in [0.3, 0.4) is 0 Å². The minimum absolute atomic E-state index is 0.0539. The number of halogens is 2. The highest BCUT2D eigenvalue weighted by atomic mass is 19.3. The molecule has 1 heterocycles. The van der Waals surface area contributed by atoms with Gasteiger partial charge in [-0.2, -0.15) is 5.26 Å². The number of likely N-dealkylation sites (tertiary alicyclic amines) is 1. The maximum absolute atomic E-state index is 14.7. The summed E-state index contributed by atoms with van der Waals surface area (Å²) in [5, 5.41) is 11.3. The third kappa shape index (κ3) is 5.99. The largest absolute Gasteiger partial charge is 0.328 e. The van der Waals surface area contributed by atoms with Crippen molar-refractivity contribution in [3.63, 3.8) is 0 Å². The summed E-state index contributed by atoms with van der Waals surface area (Å²) in [6.07, 6.45) is 2.78. The molecule has 1 spiro atoms. The van der Waals surface area contributed by atoms with Gasteiger partial charge in [0, 0.05) is 38.8 Å². The first-order valence-electron chi connectivity index (χ1n) is 10.2. The SMILES string of the molecule is N#CCCC(=O)[C@H](CC(F)(F)Cc1ccccc1)NC(=O)N1CCC2(CC1)CC2. The molecule has 2 aliphatic rings. The minimum atomic E-state index is -3.15. The van der Waals surface area contributed by atoms with Gasteiger partial charge in [-0.15, -0.1) is 0 Å². The summed E-state index contributed by atoms with van der Waals surface area (Å²) in [6, 6.07) is 8.44. The first kappa shape index (κ1) is 21.2. The van der Waals surface area contributed by atoms with Crippen LogP contribution in [0.1, 0.15) is 50.5 Å². The van der Waals surface area contributed by atoms with E-state index in [1.807, 2.05) is 6.07 Å². The van der Waals surface area contributed by atoms with E-state index in [1.54, 1.807) is 35.2 Å². The van der Waals surface area contributed by atoms with Crippen LogP contribution in [0.15, 0.2) is 30.3 Å². The minimum Gasteiger partial charge on any atom is -0.328 e. The maximum Gasteiger partial charge on any atom is 0.317 e. The molecule has 1 aliphatic carbocycles. The molecule has 1 aliphatic heterocycles. The second-order valence-corrected chi connectivity index (χ2v) is 8.34. The number of hydrogen-bond donors (Lipinski definition) is 1. The van der Waals surface area contributed by atoms with Gasteiger partial charge in [-0.25, -0.2) is 13.6 Å². The van der Waals surface area contributed by atoms with Crippen molar-refractivity contribution < 1.29 is 18.4 Å². The van der Waals surface area contributed by atoms with Crippen LogP contribution in [0.4, 0.5) is 13.6 Å². The summed E-state index contributed by atoms with van der Waals surface area (Å²) < 4.78 is 29.3. The standard InChI is InChI=1S/C22H27F2N3O2/c23-22(24,15-17-5-2-1-3-6-17)16-18(19(28)7-4-12-25)26-20(29)27-13-10-21(8-9-21)11-14-27/h1-3,5-6,18H,4,7-11,13-16H2,(H,26,29)/t18-/m0/s1. The Morgan fingerprint density at radius 1 is 1.17 bits per heavy atom. The van der Waals surface area contributed by atoms with E-state index < -0.39 is 36.6 Å². The number of carbonyl (C=O) groups is 2. The lowest BCUT2D eigenvalue weighted by Gasteiger charge is -2.33. The molecule has 156 valence electrons. The Kier molecular flexibility index (Phi) is 6.51.